The molecule has 13 heavy (non-hydrogen) atoms. The number of halogens is 3. The van der Waals surface area contributed by atoms with Crippen molar-refractivity contribution in [3.8, 4) is 0 Å². The van der Waals surface area contributed by atoms with Gasteiger partial charge in [-0.05, 0) is 12.5 Å². The van der Waals surface area contributed by atoms with Crippen LogP contribution in [-0.4, -0.2) is 9.53 Å². The van der Waals surface area contributed by atoms with E-state index in [-0.39, 0.29) is 10.6 Å². The average Bonchev–Trinajstić information content (AvgIpc) is 2.10. The van der Waals surface area contributed by atoms with Crippen LogP contribution in [-0.2, 0) is 0 Å². The summed E-state index contributed by atoms with van der Waals surface area (Å²) in [6, 6.07) is 4.66. The van der Waals surface area contributed by atoms with E-state index >= 15 is 0 Å². The van der Waals surface area contributed by atoms with E-state index in [4.69, 9.17) is 11.6 Å². The molecule has 1 N–H and O–H groups in total. The van der Waals surface area contributed by atoms with Gasteiger partial charge in [-0.15, -0.1) is 0 Å². The highest BCUT2D eigenvalue weighted by Crippen LogP contribution is 2.25. The van der Waals surface area contributed by atoms with Crippen molar-refractivity contribution in [2.24, 2.45) is 0 Å². The van der Waals surface area contributed by atoms with E-state index in [2.05, 4.69) is 22.6 Å². The van der Waals surface area contributed by atoms with Crippen molar-refractivity contribution in [3.63, 3.8) is 0 Å². The molecule has 0 bridgehead atoms. The second-order valence-electron chi connectivity index (χ2n) is 2.64. The van der Waals surface area contributed by atoms with Gasteiger partial charge in [-0.2, -0.15) is 0 Å². The van der Waals surface area contributed by atoms with E-state index < -0.39 is 11.9 Å². The number of benzene rings is 1. The van der Waals surface area contributed by atoms with Crippen molar-refractivity contribution in [2.75, 3.05) is 4.43 Å². The molecule has 0 aromatic heterocycles. The molecule has 0 saturated heterocycles. The number of aliphatic hydroxyl groups is 1. The van der Waals surface area contributed by atoms with Gasteiger partial charge >= 0.3 is 0 Å². The Hall–Kier alpha value is 0.130. The van der Waals surface area contributed by atoms with Crippen molar-refractivity contribution < 1.29 is 9.50 Å². The van der Waals surface area contributed by atoms with Gasteiger partial charge in [0.05, 0.1) is 11.1 Å². The second kappa shape index (κ2) is 5.12. The van der Waals surface area contributed by atoms with Gasteiger partial charge in [0.25, 0.3) is 0 Å². The van der Waals surface area contributed by atoms with Crippen LogP contribution in [0, 0.1) is 5.82 Å². The standard InChI is InChI=1S/C9H9ClFIO/c10-7-3-1-2-6(9(7)11)8(13)4-5-12/h1-3,8,13H,4-5H2/t8-/m0/s1. The number of rotatable bonds is 3. The monoisotopic (exact) mass is 314 g/mol. The van der Waals surface area contributed by atoms with Crippen LogP contribution in [0.4, 0.5) is 4.39 Å². The highest BCUT2D eigenvalue weighted by Gasteiger charge is 2.13. The smallest absolute Gasteiger partial charge is 0.147 e. The lowest BCUT2D eigenvalue weighted by Gasteiger charge is -2.10. The average molecular weight is 315 g/mol. The van der Waals surface area contributed by atoms with Crippen LogP contribution in [0.5, 0.6) is 0 Å². The molecule has 72 valence electrons. The van der Waals surface area contributed by atoms with Crippen molar-refractivity contribution in [1.29, 1.82) is 0 Å². The van der Waals surface area contributed by atoms with E-state index in [0.717, 1.165) is 4.43 Å². The maximum Gasteiger partial charge on any atom is 0.147 e. The predicted octanol–water partition coefficient (Wildman–Crippen LogP) is 3.34. The Morgan fingerprint density at radius 1 is 1.54 bits per heavy atom. The Balaban J connectivity index is 2.93. The quantitative estimate of drug-likeness (QED) is 0.670. The molecule has 0 unspecified atom stereocenters. The zero-order valence-corrected chi connectivity index (χ0v) is 9.72. The Bertz CT molecular complexity index is 293. The van der Waals surface area contributed by atoms with Gasteiger partial charge in [0, 0.05) is 9.99 Å². The first-order valence-electron chi connectivity index (χ1n) is 3.84. The molecule has 1 atom stereocenters. The lowest BCUT2D eigenvalue weighted by molar-refractivity contribution is 0.171. The Morgan fingerprint density at radius 3 is 2.85 bits per heavy atom. The molecule has 0 amide bonds. The predicted molar refractivity (Wildman–Crippen MR) is 59.9 cm³/mol. The molecule has 4 heteroatoms. The summed E-state index contributed by atoms with van der Waals surface area (Å²) in [5.41, 5.74) is 0.282. The molecule has 0 spiro atoms. The summed E-state index contributed by atoms with van der Waals surface area (Å²) in [4.78, 5) is 0. The Morgan fingerprint density at radius 2 is 2.23 bits per heavy atom. The SMILES string of the molecule is O[C@@H](CCI)c1cccc(Cl)c1F. The molecule has 1 aromatic rings. The summed E-state index contributed by atoms with van der Waals surface area (Å²) in [5, 5.41) is 9.58. The minimum atomic E-state index is -0.754. The third-order valence-corrected chi connectivity index (χ3v) is 2.64. The fourth-order valence-corrected chi connectivity index (χ4v) is 1.81. The topological polar surface area (TPSA) is 20.2 Å². The van der Waals surface area contributed by atoms with Crippen LogP contribution in [0.15, 0.2) is 18.2 Å². The molecule has 0 fully saturated rings. The van der Waals surface area contributed by atoms with Crippen molar-refractivity contribution in [1.82, 2.24) is 0 Å². The highest BCUT2D eigenvalue weighted by atomic mass is 127. The molecule has 1 nitrogen and oxygen atoms in total. The van der Waals surface area contributed by atoms with E-state index in [1.54, 1.807) is 12.1 Å². The lowest BCUT2D eigenvalue weighted by atomic mass is 10.1. The van der Waals surface area contributed by atoms with E-state index in [1.807, 2.05) is 0 Å². The van der Waals surface area contributed by atoms with Crippen molar-refractivity contribution in [2.45, 2.75) is 12.5 Å². The van der Waals surface area contributed by atoms with Crippen molar-refractivity contribution in [3.05, 3.63) is 34.6 Å². The molecule has 1 rings (SSSR count). The maximum atomic E-state index is 13.3. The van der Waals surface area contributed by atoms with Crippen LogP contribution in [0.3, 0.4) is 0 Å². The van der Waals surface area contributed by atoms with Gasteiger partial charge in [0.15, 0.2) is 0 Å². The summed E-state index contributed by atoms with van der Waals surface area (Å²) < 4.78 is 14.1. The van der Waals surface area contributed by atoms with Crippen LogP contribution >= 0.6 is 34.2 Å². The molecular weight excluding hydrogens is 305 g/mol. The van der Waals surface area contributed by atoms with E-state index in [9.17, 15) is 9.50 Å². The number of hydrogen-bond acceptors (Lipinski definition) is 1. The zero-order chi connectivity index (χ0) is 9.84. The summed E-state index contributed by atoms with van der Waals surface area (Å²) >= 11 is 7.70. The normalized spacial score (nSPS) is 12.9. The molecular formula is C9H9ClFIO. The van der Waals surface area contributed by atoms with Crippen LogP contribution in [0.1, 0.15) is 18.1 Å². The maximum absolute atomic E-state index is 13.3. The van der Waals surface area contributed by atoms with Gasteiger partial charge in [0.2, 0.25) is 0 Å². The summed E-state index contributed by atoms with van der Waals surface area (Å²) in [6.45, 7) is 0. The molecule has 0 aliphatic carbocycles. The number of hydrogen-bond donors (Lipinski definition) is 1. The third-order valence-electron chi connectivity index (χ3n) is 1.72. The largest absolute Gasteiger partial charge is 0.388 e. The molecule has 0 aliphatic rings. The molecule has 0 heterocycles. The minimum Gasteiger partial charge on any atom is -0.388 e. The molecule has 0 radical (unpaired) electrons. The third kappa shape index (κ3) is 2.79. The highest BCUT2D eigenvalue weighted by molar-refractivity contribution is 14.1. The van der Waals surface area contributed by atoms with Crippen LogP contribution in [0.2, 0.25) is 5.02 Å². The van der Waals surface area contributed by atoms with Gasteiger partial charge in [-0.25, -0.2) is 4.39 Å². The summed E-state index contributed by atoms with van der Waals surface area (Å²) in [5.74, 6) is -0.512. The first-order valence-corrected chi connectivity index (χ1v) is 5.75. The molecule has 1 aromatic carbocycles. The Kier molecular flexibility index (Phi) is 4.41. The number of aliphatic hydroxyl groups excluding tert-OH is 1. The van der Waals surface area contributed by atoms with Gasteiger partial charge < -0.3 is 5.11 Å². The van der Waals surface area contributed by atoms with Crippen LogP contribution < -0.4 is 0 Å². The van der Waals surface area contributed by atoms with Gasteiger partial charge in [-0.1, -0.05) is 46.3 Å². The van der Waals surface area contributed by atoms with E-state index in [1.165, 1.54) is 6.07 Å². The van der Waals surface area contributed by atoms with E-state index in [0.29, 0.717) is 6.42 Å². The molecule has 0 aliphatic heterocycles. The summed E-state index contributed by atoms with van der Waals surface area (Å²) in [6.07, 6.45) is -0.215. The van der Waals surface area contributed by atoms with Gasteiger partial charge in [-0.3, -0.25) is 0 Å². The van der Waals surface area contributed by atoms with Crippen LogP contribution in [0.25, 0.3) is 0 Å². The Labute approximate surface area is 95.1 Å². The fourth-order valence-electron chi connectivity index (χ4n) is 1.04. The summed E-state index contributed by atoms with van der Waals surface area (Å²) in [7, 11) is 0. The molecule has 0 saturated carbocycles. The van der Waals surface area contributed by atoms with Crippen molar-refractivity contribution >= 4 is 34.2 Å². The van der Waals surface area contributed by atoms with Gasteiger partial charge in [0.1, 0.15) is 5.82 Å². The lowest BCUT2D eigenvalue weighted by Crippen LogP contribution is -2.01. The first kappa shape index (κ1) is 11.2. The fraction of sp³-hybridized carbons (Fsp3) is 0.333. The minimum absolute atomic E-state index is 0.0602. The second-order valence-corrected chi connectivity index (χ2v) is 4.12. The number of alkyl halides is 1. The first-order chi connectivity index (χ1) is 6.16. The zero-order valence-electron chi connectivity index (χ0n) is 6.80.